The Morgan fingerprint density at radius 1 is 1.14 bits per heavy atom. The van der Waals surface area contributed by atoms with Crippen molar-refractivity contribution in [3.63, 3.8) is 0 Å². The molecule has 3 nitrogen and oxygen atoms in total. The zero-order valence-corrected chi connectivity index (χ0v) is 11.6. The van der Waals surface area contributed by atoms with Crippen molar-refractivity contribution in [1.82, 2.24) is 0 Å². The number of hydrogen-bond donors (Lipinski definition) is 2. The van der Waals surface area contributed by atoms with E-state index < -0.39 is 6.61 Å². The van der Waals surface area contributed by atoms with Crippen molar-refractivity contribution in [2.45, 2.75) is 26.2 Å². The number of ether oxygens (including phenoxy) is 1. The highest BCUT2D eigenvalue weighted by Gasteiger charge is 2.14. The molecular weight excluding hydrogens is 276 g/mol. The molecule has 2 aromatic carbocycles. The predicted octanol–water partition coefficient (Wildman–Crippen LogP) is 3.95. The minimum Gasteiger partial charge on any atom is -0.434 e. The quantitative estimate of drug-likeness (QED) is 0.847. The van der Waals surface area contributed by atoms with E-state index in [1.807, 2.05) is 31.2 Å². The normalized spacial score (nSPS) is 12.2. The lowest BCUT2D eigenvalue weighted by molar-refractivity contribution is -0.0505. The lowest BCUT2D eigenvalue weighted by Crippen LogP contribution is -2.11. The second-order valence-electron chi connectivity index (χ2n) is 4.64. The summed E-state index contributed by atoms with van der Waals surface area (Å²) in [6.07, 6.45) is 0. The minimum absolute atomic E-state index is 0.0466. The summed E-state index contributed by atoms with van der Waals surface area (Å²) < 4.78 is 29.4. The molecule has 0 saturated carbocycles. The van der Waals surface area contributed by atoms with Crippen LogP contribution in [0.5, 0.6) is 5.75 Å². The number of aliphatic hydroxyl groups is 1. The largest absolute Gasteiger partial charge is 0.434 e. The van der Waals surface area contributed by atoms with Gasteiger partial charge in [0.1, 0.15) is 5.75 Å². The molecule has 0 aliphatic rings. The zero-order valence-electron chi connectivity index (χ0n) is 11.6. The summed E-state index contributed by atoms with van der Waals surface area (Å²) in [5.41, 5.74) is 2.23. The molecule has 21 heavy (non-hydrogen) atoms. The van der Waals surface area contributed by atoms with Gasteiger partial charge in [-0.05, 0) is 30.7 Å². The van der Waals surface area contributed by atoms with Crippen LogP contribution in [0.3, 0.4) is 0 Å². The zero-order chi connectivity index (χ0) is 15.2. The predicted molar refractivity (Wildman–Crippen MR) is 77.5 cm³/mol. The molecule has 0 heterocycles. The topological polar surface area (TPSA) is 41.5 Å². The van der Waals surface area contributed by atoms with E-state index in [1.165, 1.54) is 6.07 Å². The van der Waals surface area contributed by atoms with Crippen LogP contribution in [0, 0.1) is 0 Å². The number of para-hydroxylation sites is 1. The van der Waals surface area contributed by atoms with Crippen LogP contribution in [0.25, 0.3) is 0 Å². The number of rotatable bonds is 6. The highest BCUT2D eigenvalue weighted by atomic mass is 19.3. The Morgan fingerprint density at radius 3 is 2.62 bits per heavy atom. The van der Waals surface area contributed by atoms with Crippen LogP contribution in [0.4, 0.5) is 14.5 Å². The first kappa shape index (κ1) is 15.3. The average Bonchev–Trinajstić information content (AvgIpc) is 2.47. The molecule has 0 amide bonds. The van der Waals surface area contributed by atoms with E-state index in [0.29, 0.717) is 5.56 Å². The van der Waals surface area contributed by atoms with Gasteiger partial charge in [-0.25, -0.2) is 0 Å². The molecule has 0 saturated heterocycles. The lowest BCUT2D eigenvalue weighted by atomic mass is 10.1. The van der Waals surface area contributed by atoms with Crippen molar-refractivity contribution >= 4 is 5.69 Å². The van der Waals surface area contributed by atoms with Gasteiger partial charge in [-0.2, -0.15) is 8.78 Å². The molecule has 0 bridgehead atoms. The minimum atomic E-state index is -2.85. The summed E-state index contributed by atoms with van der Waals surface area (Å²) in [6.45, 7) is -1.04. The van der Waals surface area contributed by atoms with Crippen molar-refractivity contribution in [2.24, 2.45) is 0 Å². The molecule has 0 aliphatic heterocycles. The van der Waals surface area contributed by atoms with Crippen LogP contribution in [0.2, 0.25) is 0 Å². The summed E-state index contributed by atoms with van der Waals surface area (Å²) in [6, 6.07) is 13.8. The van der Waals surface area contributed by atoms with Crippen LogP contribution in [-0.4, -0.2) is 11.7 Å². The molecule has 2 aromatic rings. The smallest absolute Gasteiger partial charge is 0.387 e. The van der Waals surface area contributed by atoms with Gasteiger partial charge < -0.3 is 15.2 Å². The first-order valence-electron chi connectivity index (χ1n) is 6.60. The standard InChI is InChI=1S/C16H17F2NO2/c1-11(19-13-6-4-5-12(9-13)10-20)14-7-2-3-8-15(14)21-16(17)18/h2-9,11,16,19-20H,10H2,1H3. The molecule has 0 radical (unpaired) electrons. The molecular formula is C16H17F2NO2. The molecule has 1 unspecified atom stereocenters. The van der Waals surface area contributed by atoms with Gasteiger partial charge in [0.05, 0.1) is 12.6 Å². The Kier molecular flexibility index (Phi) is 5.11. The van der Waals surface area contributed by atoms with E-state index in [2.05, 4.69) is 10.1 Å². The number of alkyl halides is 2. The third-order valence-electron chi connectivity index (χ3n) is 3.09. The van der Waals surface area contributed by atoms with E-state index in [0.717, 1.165) is 11.3 Å². The summed E-state index contributed by atoms with van der Waals surface area (Å²) in [5.74, 6) is 0.158. The number of anilines is 1. The van der Waals surface area contributed by atoms with Crippen molar-refractivity contribution < 1.29 is 18.6 Å². The summed E-state index contributed by atoms with van der Waals surface area (Å²) in [7, 11) is 0. The molecule has 0 spiro atoms. The Hall–Kier alpha value is -2.14. The maximum Gasteiger partial charge on any atom is 0.387 e. The summed E-state index contributed by atoms with van der Waals surface area (Å²) in [4.78, 5) is 0. The molecule has 112 valence electrons. The fraction of sp³-hybridized carbons (Fsp3) is 0.250. The summed E-state index contributed by atoms with van der Waals surface area (Å²) in [5, 5.41) is 12.3. The highest BCUT2D eigenvalue weighted by molar-refractivity contribution is 5.49. The van der Waals surface area contributed by atoms with Gasteiger partial charge in [0.2, 0.25) is 0 Å². The number of aliphatic hydroxyl groups excluding tert-OH is 1. The monoisotopic (exact) mass is 293 g/mol. The molecule has 0 aliphatic carbocycles. The summed E-state index contributed by atoms with van der Waals surface area (Å²) >= 11 is 0. The third kappa shape index (κ3) is 4.16. The lowest BCUT2D eigenvalue weighted by Gasteiger charge is -2.19. The van der Waals surface area contributed by atoms with Crippen LogP contribution in [0.1, 0.15) is 24.1 Å². The van der Waals surface area contributed by atoms with E-state index in [4.69, 9.17) is 5.11 Å². The number of halogens is 2. The van der Waals surface area contributed by atoms with Crippen LogP contribution < -0.4 is 10.1 Å². The van der Waals surface area contributed by atoms with Gasteiger partial charge in [0, 0.05) is 11.3 Å². The van der Waals surface area contributed by atoms with Crippen molar-refractivity contribution in [2.75, 3.05) is 5.32 Å². The van der Waals surface area contributed by atoms with Gasteiger partial charge in [-0.3, -0.25) is 0 Å². The third-order valence-corrected chi connectivity index (χ3v) is 3.09. The average molecular weight is 293 g/mol. The molecule has 0 fully saturated rings. The fourth-order valence-electron chi connectivity index (χ4n) is 2.13. The first-order chi connectivity index (χ1) is 10.1. The van der Waals surface area contributed by atoms with E-state index in [1.54, 1.807) is 18.2 Å². The van der Waals surface area contributed by atoms with E-state index >= 15 is 0 Å². The fourth-order valence-corrected chi connectivity index (χ4v) is 2.13. The second-order valence-corrected chi connectivity index (χ2v) is 4.64. The van der Waals surface area contributed by atoms with Gasteiger partial charge in [-0.15, -0.1) is 0 Å². The first-order valence-corrected chi connectivity index (χ1v) is 6.60. The Bertz CT molecular complexity index is 590. The van der Waals surface area contributed by atoms with Crippen molar-refractivity contribution in [1.29, 1.82) is 0 Å². The SMILES string of the molecule is CC(Nc1cccc(CO)c1)c1ccccc1OC(F)F. The second kappa shape index (κ2) is 7.04. The van der Waals surface area contributed by atoms with Gasteiger partial charge in [-0.1, -0.05) is 30.3 Å². The van der Waals surface area contributed by atoms with Crippen LogP contribution in [-0.2, 0) is 6.61 Å². The van der Waals surface area contributed by atoms with E-state index in [-0.39, 0.29) is 18.4 Å². The van der Waals surface area contributed by atoms with Gasteiger partial charge in [0.25, 0.3) is 0 Å². The Balaban J connectivity index is 2.17. The molecule has 2 N–H and O–H groups in total. The van der Waals surface area contributed by atoms with Crippen molar-refractivity contribution in [3.05, 3.63) is 59.7 Å². The van der Waals surface area contributed by atoms with Gasteiger partial charge in [0.15, 0.2) is 0 Å². The maximum atomic E-state index is 12.4. The Labute approximate surface area is 122 Å². The molecule has 1 atom stereocenters. The van der Waals surface area contributed by atoms with Crippen LogP contribution in [0.15, 0.2) is 48.5 Å². The highest BCUT2D eigenvalue weighted by Crippen LogP contribution is 2.29. The number of benzene rings is 2. The number of nitrogens with one attached hydrogen (secondary N) is 1. The molecule has 5 heteroatoms. The number of hydrogen-bond acceptors (Lipinski definition) is 3. The molecule has 2 rings (SSSR count). The van der Waals surface area contributed by atoms with E-state index in [9.17, 15) is 8.78 Å². The van der Waals surface area contributed by atoms with Gasteiger partial charge >= 0.3 is 6.61 Å². The maximum absolute atomic E-state index is 12.4. The van der Waals surface area contributed by atoms with Crippen LogP contribution >= 0.6 is 0 Å². The molecule has 0 aromatic heterocycles. The van der Waals surface area contributed by atoms with Crippen molar-refractivity contribution in [3.8, 4) is 5.75 Å². The Morgan fingerprint density at radius 2 is 1.90 bits per heavy atom.